The van der Waals surface area contributed by atoms with Gasteiger partial charge in [0.05, 0.1) is 22.8 Å². The number of aryl methyl sites for hydroxylation is 1. The van der Waals surface area contributed by atoms with Crippen LogP contribution >= 0.6 is 22.9 Å². The number of likely N-dealkylation sites (tertiary alicyclic amines) is 1. The Labute approximate surface area is 161 Å². The van der Waals surface area contributed by atoms with Crippen LogP contribution < -0.4 is 5.32 Å². The van der Waals surface area contributed by atoms with Crippen LogP contribution in [0, 0.1) is 6.92 Å². The number of rotatable bonds is 4. The molecule has 3 aromatic rings. The molecule has 1 aromatic heterocycles. The van der Waals surface area contributed by atoms with Gasteiger partial charge in [0.1, 0.15) is 5.01 Å². The van der Waals surface area contributed by atoms with Gasteiger partial charge in [-0.1, -0.05) is 23.7 Å². The minimum absolute atomic E-state index is 0.00318. The number of para-hydroxylation sites is 1. The molecule has 1 fully saturated rings. The Balaban J connectivity index is 1.47. The first kappa shape index (κ1) is 17.5. The molecule has 4 nitrogen and oxygen atoms in total. The summed E-state index contributed by atoms with van der Waals surface area (Å²) < 4.78 is 1.20. The van der Waals surface area contributed by atoms with E-state index in [9.17, 15) is 4.79 Å². The fourth-order valence-electron chi connectivity index (χ4n) is 3.47. The number of hydrogen-bond donors (Lipinski definition) is 1. The van der Waals surface area contributed by atoms with Crippen LogP contribution in [0.4, 0.5) is 5.69 Å². The maximum Gasteiger partial charge on any atom is 0.238 e. The van der Waals surface area contributed by atoms with Crippen molar-refractivity contribution in [1.82, 2.24) is 9.88 Å². The molecule has 2 heterocycles. The van der Waals surface area contributed by atoms with Crippen LogP contribution in [-0.4, -0.2) is 28.9 Å². The lowest BCUT2D eigenvalue weighted by molar-refractivity contribution is -0.117. The van der Waals surface area contributed by atoms with E-state index in [1.807, 2.05) is 37.3 Å². The highest BCUT2D eigenvalue weighted by molar-refractivity contribution is 7.18. The van der Waals surface area contributed by atoms with Crippen molar-refractivity contribution in [3.05, 3.63) is 58.1 Å². The summed E-state index contributed by atoms with van der Waals surface area (Å²) in [5.41, 5.74) is 2.82. The number of halogens is 1. The molecule has 1 N–H and O–H groups in total. The monoisotopic (exact) mass is 385 g/mol. The van der Waals surface area contributed by atoms with Crippen molar-refractivity contribution < 1.29 is 4.79 Å². The van der Waals surface area contributed by atoms with E-state index in [4.69, 9.17) is 16.6 Å². The number of nitrogens with zero attached hydrogens (tertiary/aromatic N) is 2. The van der Waals surface area contributed by atoms with E-state index in [0.717, 1.165) is 41.2 Å². The number of thiazole rings is 1. The fourth-order valence-corrected chi connectivity index (χ4v) is 4.83. The summed E-state index contributed by atoms with van der Waals surface area (Å²) in [5.74, 6) is 0.00318. The molecule has 0 bridgehead atoms. The summed E-state index contributed by atoms with van der Waals surface area (Å²) in [6.07, 6.45) is 2.14. The quantitative estimate of drug-likeness (QED) is 0.684. The van der Waals surface area contributed by atoms with E-state index >= 15 is 0 Å². The van der Waals surface area contributed by atoms with Gasteiger partial charge < -0.3 is 5.32 Å². The van der Waals surface area contributed by atoms with E-state index in [1.54, 1.807) is 17.4 Å². The van der Waals surface area contributed by atoms with Crippen molar-refractivity contribution >= 4 is 44.7 Å². The van der Waals surface area contributed by atoms with Crippen LogP contribution in [0.25, 0.3) is 10.2 Å². The van der Waals surface area contributed by atoms with Crippen molar-refractivity contribution in [3.63, 3.8) is 0 Å². The topological polar surface area (TPSA) is 45.2 Å². The number of carbonyl (C=O) groups is 1. The lowest BCUT2D eigenvalue weighted by Gasteiger charge is -2.22. The van der Waals surface area contributed by atoms with E-state index in [0.29, 0.717) is 11.6 Å². The fraction of sp³-hybridized carbons (Fsp3) is 0.300. The highest BCUT2D eigenvalue weighted by Crippen LogP contribution is 2.36. The van der Waals surface area contributed by atoms with Gasteiger partial charge in [0, 0.05) is 10.7 Å². The van der Waals surface area contributed by atoms with Crippen LogP contribution in [0.3, 0.4) is 0 Å². The van der Waals surface area contributed by atoms with E-state index in [1.165, 1.54) is 4.70 Å². The van der Waals surface area contributed by atoms with Gasteiger partial charge in [0.15, 0.2) is 0 Å². The highest BCUT2D eigenvalue weighted by atomic mass is 35.5. The predicted molar refractivity (Wildman–Crippen MR) is 108 cm³/mol. The molecule has 0 unspecified atom stereocenters. The summed E-state index contributed by atoms with van der Waals surface area (Å²) >= 11 is 7.72. The van der Waals surface area contributed by atoms with Crippen molar-refractivity contribution in [1.29, 1.82) is 0 Å². The molecule has 1 atom stereocenters. The maximum atomic E-state index is 12.6. The molecule has 134 valence electrons. The molecule has 0 saturated carbocycles. The Bertz CT molecular complexity index is 922. The molecule has 0 radical (unpaired) electrons. The zero-order valence-corrected chi connectivity index (χ0v) is 16.1. The number of benzene rings is 2. The Hall–Kier alpha value is -1.95. The normalized spacial score (nSPS) is 17.7. The first-order valence-corrected chi connectivity index (χ1v) is 9.95. The third kappa shape index (κ3) is 3.61. The second-order valence-corrected chi connectivity index (χ2v) is 8.15. The summed E-state index contributed by atoms with van der Waals surface area (Å²) in [4.78, 5) is 19.6. The average Bonchev–Trinajstić information content (AvgIpc) is 3.23. The third-order valence-corrected chi connectivity index (χ3v) is 6.14. The molecule has 1 aliphatic heterocycles. The number of hydrogen-bond acceptors (Lipinski definition) is 4. The standard InChI is InChI=1S/C20H20ClN3OS/c1-13-11-14(21)8-9-15(13)22-19(25)12-24-10-4-6-17(24)20-23-16-5-2-3-7-18(16)26-20/h2-3,5,7-9,11,17H,4,6,10,12H2,1H3,(H,22,25)/t17-/m1/s1. The van der Waals surface area contributed by atoms with Crippen LogP contribution in [0.1, 0.15) is 29.5 Å². The lowest BCUT2D eigenvalue weighted by Crippen LogP contribution is -2.33. The van der Waals surface area contributed by atoms with Crippen molar-refractivity contribution in [2.24, 2.45) is 0 Å². The SMILES string of the molecule is Cc1cc(Cl)ccc1NC(=O)CN1CCC[C@@H]1c1nc2ccccc2s1. The van der Waals surface area contributed by atoms with Gasteiger partial charge in [0.2, 0.25) is 5.91 Å². The van der Waals surface area contributed by atoms with Crippen LogP contribution in [-0.2, 0) is 4.79 Å². The Morgan fingerprint density at radius 3 is 3.00 bits per heavy atom. The molecule has 4 rings (SSSR count). The zero-order chi connectivity index (χ0) is 18.1. The van der Waals surface area contributed by atoms with Gasteiger partial charge in [-0.25, -0.2) is 4.98 Å². The Kier molecular flexibility index (Phi) is 4.94. The van der Waals surface area contributed by atoms with Crippen LogP contribution in [0.5, 0.6) is 0 Å². The van der Waals surface area contributed by atoms with Gasteiger partial charge in [-0.2, -0.15) is 0 Å². The minimum Gasteiger partial charge on any atom is -0.325 e. The largest absolute Gasteiger partial charge is 0.325 e. The number of amides is 1. The second kappa shape index (κ2) is 7.35. The first-order valence-electron chi connectivity index (χ1n) is 8.76. The van der Waals surface area contributed by atoms with Crippen molar-refractivity contribution in [3.8, 4) is 0 Å². The first-order chi connectivity index (χ1) is 12.6. The van der Waals surface area contributed by atoms with Gasteiger partial charge in [-0.15, -0.1) is 11.3 Å². The van der Waals surface area contributed by atoms with Gasteiger partial charge >= 0.3 is 0 Å². The maximum absolute atomic E-state index is 12.6. The number of nitrogens with one attached hydrogen (secondary N) is 1. The van der Waals surface area contributed by atoms with E-state index in [2.05, 4.69) is 16.3 Å². The van der Waals surface area contributed by atoms with Crippen molar-refractivity contribution in [2.75, 3.05) is 18.4 Å². The van der Waals surface area contributed by atoms with Gasteiger partial charge in [0.25, 0.3) is 0 Å². The van der Waals surface area contributed by atoms with Gasteiger partial charge in [-0.05, 0) is 62.2 Å². The molecule has 6 heteroatoms. The summed E-state index contributed by atoms with van der Waals surface area (Å²) in [6, 6.07) is 13.9. The Morgan fingerprint density at radius 1 is 1.35 bits per heavy atom. The third-order valence-electron chi connectivity index (χ3n) is 4.77. The van der Waals surface area contributed by atoms with Crippen molar-refractivity contribution in [2.45, 2.75) is 25.8 Å². The number of carbonyl (C=O) groups excluding carboxylic acids is 1. The summed E-state index contributed by atoms with van der Waals surface area (Å²) in [7, 11) is 0. The molecule has 26 heavy (non-hydrogen) atoms. The molecular weight excluding hydrogens is 366 g/mol. The molecule has 0 spiro atoms. The smallest absolute Gasteiger partial charge is 0.238 e. The molecular formula is C20H20ClN3OS. The van der Waals surface area contributed by atoms with Gasteiger partial charge in [-0.3, -0.25) is 9.69 Å². The number of anilines is 1. The molecule has 1 amide bonds. The minimum atomic E-state index is 0.00318. The molecule has 1 saturated heterocycles. The summed E-state index contributed by atoms with van der Waals surface area (Å²) in [5, 5.41) is 4.79. The van der Waals surface area contributed by atoms with Crippen LogP contribution in [0.2, 0.25) is 5.02 Å². The lowest BCUT2D eigenvalue weighted by atomic mass is 10.2. The summed E-state index contributed by atoms with van der Waals surface area (Å²) in [6.45, 7) is 3.25. The van der Waals surface area contributed by atoms with Crippen LogP contribution in [0.15, 0.2) is 42.5 Å². The predicted octanol–water partition coefficient (Wildman–Crippen LogP) is 5.03. The average molecular weight is 386 g/mol. The highest BCUT2D eigenvalue weighted by Gasteiger charge is 2.30. The molecule has 2 aromatic carbocycles. The van der Waals surface area contributed by atoms with E-state index in [-0.39, 0.29) is 11.9 Å². The zero-order valence-electron chi connectivity index (χ0n) is 14.5. The molecule has 1 aliphatic rings. The number of fused-ring (bicyclic) bond motifs is 1. The second-order valence-electron chi connectivity index (χ2n) is 6.66. The Morgan fingerprint density at radius 2 is 2.19 bits per heavy atom. The number of aromatic nitrogens is 1. The molecule has 0 aliphatic carbocycles. The van der Waals surface area contributed by atoms with E-state index < -0.39 is 0 Å².